The van der Waals surface area contributed by atoms with E-state index in [4.69, 9.17) is 0 Å². The molecule has 0 saturated heterocycles. The topological polar surface area (TPSA) is 46.2 Å². The molecule has 0 aliphatic heterocycles. The van der Waals surface area contributed by atoms with Gasteiger partial charge in [0.05, 0.1) is 6.26 Å². The van der Waals surface area contributed by atoms with Gasteiger partial charge in [0.1, 0.15) is 0 Å². The van der Waals surface area contributed by atoms with E-state index in [0.717, 1.165) is 11.8 Å². The standard InChI is InChI=1S/C9H15NO2S.C2H6/c1-8(2)5-6-9(3)7-10-13(4,11)12;1-2/h5-6,10H,1,3,7H2,2,4H3;1-2H3/b6-5-;. The van der Waals surface area contributed by atoms with Crippen molar-refractivity contribution in [2.45, 2.75) is 20.8 Å². The monoisotopic (exact) mass is 231 g/mol. The maximum Gasteiger partial charge on any atom is 0.209 e. The van der Waals surface area contributed by atoms with Crippen LogP contribution < -0.4 is 4.72 Å². The van der Waals surface area contributed by atoms with Crippen molar-refractivity contribution in [2.24, 2.45) is 0 Å². The Balaban J connectivity index is 0. The second kappa shape index (κ2) is 8.44. The summed E-state index contributed by atoms with van der Waals surface area (Å²) in [5, 5.41) is 0. The van der Waals surface area contributed by atoms with Gasteiger partial charge in [-0.3, -0.25) is 0 Å². The fourth-order valence-corrected chi connectivity index (χ4v) is 0.990. The molecule has 3 nitrogen and oxygen atoms in total. The van der Waals surface area contributed by atoms with Crippen molar-refractivity contribution in [3.63, 3.8) is 0 Å². The van der Waals surface area contributed by atoms with Gasteiger partial charge in [-0.1, -0.05) is 44.7 Å². The van der Waals surface area contributed by atoms with Crippen LogP contribution in [0.1, 0.15) is 20.8 Å². The Morgan fingerprint density at radius 1 is 1.27 bits per heavy atom. The Bertz CT molecular complexity index is 326. The molecule has 0 aromatic heterocycles. The smallest absolute Gasteiger partial charge is 0.209 e. The average Bonchev–Trinajstić information content (AvgIpc) is 2.13. The van der Waals surface area contributed by atoms with Gasteiger partial charge in [0, 0.05) is 6.54 Å². The molecule has 0 spiro atoms. The quantitative estimate of drug-likeness (QED) is 0.738. The summed E-state index contributed by atoms with van der Waals surface area (Å²) in [5.41, 5.74) is 1.61. The van der Waals surface area contributed by atoms with E-state index in [-0.39, 0.29) is 6.54 Å². The van der Waals surface area contributed by atoms with Crippen LogP contribution >= 0.6 is 0 Å². The lowest BCUT2D eigenvalue weighted by molar-refractivity contribution is 0.591. The molecule has 15 heavy (non-hydrogen) atoms. The first kappa shape index (κ1) is 16.6. The van der Waals surface area contributed by atoms with Crippen molar-refractivity contribution in [1.82, 2.24) is 4.72 Å². The highest BCUT2D eigenvalue weighted by atomic mass is 32.2. The van der Waals surface area contributed by atoms with Gasteiger partial charge in [0.2, 0.25) is 10.0 Å². The van der Waals surface area contributed by atoms with E-state index in [0.29, 0.717) is 5.57 Å². The van der Waals surface area contributed by atoms with Gasteiger partial charge in [-0.25, -0.2) is 13.1 Å². The maximum atomic E-state index is 10.7. The fraction of sp³-hybridized carbons (Fsp3) is 0.455. The molecule has 0 rings (SSSR count). The molecule has 1 N–H and O–H groups in total. The van der Waals surface area contributed by atoms with Gasteiger partial charge < -0.3 is 0 Å². The van der Waals surface area contributed by atoms with Gasteiger partial charge >= 0.3 is 0 Å². The second-order valence-corrected chi connectivity index (χ2v) is 4.76. The van der Waals surface area contributed by atoms with Gasteiger partial charge in [-0.15, -0.1) is 0 Å². The van der Waals surface area contributed by atoms with Crippen LogP contribution in [0, 0.1) is 0 Å². The minimum absolute atomic E-state index is 0.239. The van der Waals surface area contributed by atoms with E-state index in [1.807, 2.05) is 20.8 Å². The van der Waals surface area contributed by atoms with Crippen LogP contribution in [-0.2, 0) is 10.0 Å². The van der Waals surface area contributed by atoms with E-state index in [9.17, 15) is 8.42 Å². The summed E-state index contributed by atoms with van der Waals surface area (Å²) in [4.78, 5) is 0. The summed E-state index contributed by atoms with van der Waals surface area (Å²) in [5.74, 6) is 0. The molecular weight excluding hydrogens is 210 g/mol. The molecule has 0 radical (unpaired) electrons. The van der Waals surface area contributed by atoms with Gasteiger partial charge in [-0.2, -0.15) is 0 Å². The summed E-state index contributed by atoms with van der Waals surface area (Å²) in [6.45, 7) is 13.4. The first-order valence-electron chi connectivity index (χ1n) is 4.77. The number of hydrogen-bond donors (Lipinski definition) is 1. The van der Waals surface area contributed by atoms with Crippen LogP contribution in [0.3, 0.4) is 0 Å². The lowest BCUT2D eigenvalue weighted by Gasteiger charge is -2.00. The van der Waals surface area contributed by atoms with E-state index in [1.54, 1.807) is 12.2 Å². The fourth-order valence-electron chi connectivity index (χ4n) is 0.543. The zero-order valence-corrected chi connectivity index (χ0v) is 10.8. The van der Waals surface area contributed by atoms with E-state index in [1.165, 1.54) is 0 Å². The molecule has 0 bridgehead atoms. The lowest BCUT2D eigenvalue weighted by atomic mass is 10.2. The maximum absolute atomic E-state index is 10.7. The summed E-state index contributed by atoms with van der Waals surface area (Å²) in [6.07, 6.45) is 4.63. The molecule has 0 aromatic carbocycles. The Morgan fingerprint density at radius 3 is 2.07 bits per heavy atom. The molecule has 0 unspecified atom stereocenters. The molecule has 0 aliphatic carbocycles. The molecule has 0 aromatic rings. The van der Waals surface area contributed by atoms with E-state index >= 15 is 0 Å². The zero-order valence-electron chi connectivity index (χ0n) is 10.0. The number of nitrogens with one attached hydrogen (secondary N) is 1. The van der Waals surface area contributed by atoms with Crippen molar-refractivity contribution >= 4 is 10.0 Å². The van der Waals surface area contributed by atoms with Gasteiger partial charge in [0.25, 0.3) is 0 Å². The highest BCUT2D eigenvalue weighted by Crippen LogP contribution is 1.96. The minimum Gasteiger partial charge on any atom is -0.213 e. The van der Waals surface area contributed by atoms with Crippen molar-refractivity contribution in [2.75, 3.05) is 12.8 Å². The van der Waals surface area contributed by atoms with Crippen LogP contribution in [0.4, 0.5) is 0 Å². The van der Waals surface area contributed by atoms with E-state index in [2.05, 4.69) is 17.9 Å². The SMILES string of the molecule is C=C(C)/C=C\C(=C)CNS(C)(=O)=O.CC. The summed E-state index contributed by atoms with van der Waals surface area (Å²) in [7, 11) is -3.12. The highest BCUT2D eigenvalue weighted by Gasteiger charge is 1.98. The van der Waals surface area contributed by atoms with Crippen LogP contribution in [0.2, 0.25) is 0 Å². The Labute approximate surface area is 93.6 Å². The third-order valence-corrected chi connectivity index (χ3v) is 1.83. The first-order valence-corrected chi connectivity index (χ1v) is 6.66. The molecule has 0 atom stereocenters. The van der Waals surface area contributed by atoms with Crippen LogP contribution in [0.15, 0.2) is 36.5 Å². The van der Waals surface area contributed by atoms with Gasteiger partial charge in [-0.05, 0) is 12.5 Å². The molecule has 0 heterocycles. The number of sulfonamides is 1. The number of hydrogen-bond acceptors (Lipinski definition) is 2. The predicted molar refractivity (Wildman–Crippen MR) is 67.3 cm³/mol. The third kappa shape index (κ3) is 15.9. The van der Waals surface area contributed by atoms with Crippen LogP contribution in [0.25, 0.3) is 0 Å². The second-order valence-electron chi connectivity index (χ2n) is 2.93. The zero-order chi connectivity index (χ0) is 12.5. The molecule has 0 fully saturated rings. The van der Waals surface area contributed by atoms with Gasteiger partial charge in [0.15, 0.2) is 0 Å². The van der Waals surface area contributed by atoms with Crippen LogP contribution in [0.5, 0.6) is 0 Å². The van der Waals surface area contributed by atoms with Crippen molar-refractivity contribution in [3.8, 4) is 0 Å². The minimum atomic E-state index is -3.12. The summed E-state index contributed by atoms with van der Waals surface area (Å²) >= 11 is 0. The van der Waals surface area contributed by atoms with Crippen LogP contribution in [-0.4, -0.2) is 21.2 Å². The Hall–Kier alpha value is -0.870. The third-order valence-electron chi connectivity index (χ3n) is 1.16. The van der Waals surface area contributed by atoms with Crippen molar-refractivity contribution < 1.29 is 8.42 Å². The average molecular weight is 231 g/mol. The predicted octanol–water partition coefficient (Wildman–Crippen LogP) is 2.25. The van der Waals surface area contributed by atoms with Crippen molar-refractivity contribution in [3.05, 3.63) is 36.5 Å². The number of rotatable bonds is 5. The first-order chi connectivity index (χ1) is 6.81. The molecule has 4 heteroatoms. The summed E-state index contributed by atoms with van der Waals surface area (Å²) in [6, 6.07) is 0. The number of allylic oxidation sites excluding steroid dienone is 2. The summed E-state index contributed by atoms with van der Waals surface area (Å²) < 4.78 is 23.7. The van der Waals surface area contributed by atoms with E-state index < -0.39 is 10.0 Å². The molecule has 88 valence electrons. The molecule has 0 aliphatic rings. The largest absolute Gasteiger partial charge is 0.213 e. The lowest BCUT2D eigenvalue weighted by Crippen LogP contribution is -2.23. The highest BCUT2D eigenvalue weighted by molar-refractivity contribution is 7.88. The Kier molecular flexibility index (Phi) is 9.31. The normalized spacial score (nSPS) is 10.7. The molecule has 0 saturated carbocycles. The van der Waals surface area contributed by atoms with Crippen molar-refractivity contribution in [1.29, 1.82) is 0 Å². The molecular formula is C11H21NO2S. The molecule has 0 amide bonds. The Morgan fingerprint density at radius 2 is 1.73 bits per heavy atom.